The fourth-order valence-corrected chi connectivity index (χ4v) is 2.77. The maximum atomic E-state index is 12.2. The Kier molecular flexibility index (Phi) is 7.33. The van der Waals surface area contributed by atoms with E-state index in [1.807, 2.05) is 12.1 Å². The lowest BCUT2D eigenvalue weighted by Gasteiger charge is -2.34. The molecule has 1 fully saturated rings. The largest absolute Gasteiger partial charge is 0.327 e. The summed E-state index contributed by atoms with van der Waals surface area (Å²) in [6.07, 6.45) is 0.970. The fourth-order valence-electron chi connectivity index (χ4n) is 2.77. The van der Waals surface area contributed by atoms with Crippen molar-refractivity contribution in [2.24, 2.45) is 11.7 Å². The monoisotopic (exact) mass is 325 g/mol. The fraction of sp³-hybridized carbons (Fsp3) is 0.588. The van der Waals surface area contributed by atoms with Crippen molar-refractivity contribution in [1.29, 1.82) is 0 Å². The van der Waals surface area contributed by atoms with Crippen LogP contribution in [-0.4, -0.2) is 36.5 Å². The van der Waals surface area contributed by atoms with Gasteiger partial charge in [0.1, 0.15) is 0 Å². The van der Waals surface area contributed by atoms with Crippen LogP contribution in [0.5, 0.6) is 0 Å². The Morgan fingerprint density at radius 1 is 1.45 bits per heavy atom. The zero-order valence-corrected chi connectivity index (χ0v) is 14.5. The SMILES string of the molecule is CC(C)c1cccc(NC(=O)CN2CCC(N)C(C)C2)c1.Cl. The van der Waals surface area contributed by atoms with E-state index < -0.39 is 0 Å². The number of hydrogen-bond acceptors (Lipinski definition) is 3. The third-order valence-corrected chi connectivity index (χ3v) is 4.26. The summed E-state index contributed by atoms with van der Waals surface area (Å²) < 4.78 is 0. The summed E-state index contributed by atoms with van der Waals surface area (Å²) in [7, 11) is 0. The standard InChI is InChI=1S/C17H27N3O.ClH/c1-12(2)14-5-4-6-15(9-14)19-17(21)11-20-8-7-16(18)13(3)10-20;/h4-6,9,12-13,16H,7-8,10-11,18H2,1-3H3,(H,19,21);1H. The van der Waals surface area contributed by atoms with E-state index in [0.717, 1.165) is 25.2 Å². The molecule has 0 saturated carbocycles. The minimum absolute atomic E-state index is 0. The van der Waals surface area contributed by atoms with Crippen molar-refractivity contribution >= 4 is 24.0 Å². The molecule has 0 aliphatic carbocycles. The molecule has 22 heavy (non-hydrogen) atoms. The van der Waals surface area contributed by atoms with Gasteiger partial charge < -0.3 is 11.1 Å². The summed E-state index contributed by atoms with van der Waals surface area (Å²) in [5.74, 6) is 0.973. The summed E-state index contributed by atoms with van der Waals surface area (Å²) >= 11 is 0. The number of amides is 1. The van der Waals surface area contributed by atoms with Crippen molar-refractivity contribution in [1.82, 2.24) is 4.90 Å². The van der Waals surface area contributed by atoms with Crippen molar-refractivity contribution in [3.05, 3.63) is 29.8 Å². The van der Waals surface area contributed by atoms with E-state index in [4.69, 9.17) is 5.73 Å². The number of benzene rings is 1. The molecule has 0 aromatic heterocycles. The van der Waals surface area contributed by atoms with E-state index in [1.54, 1.807) is 0 Å². The molecule has 1 amide bonds. The van der Waals surface area contributed by atoms with Crippen LogP contribution in [0, 0.1) is 5.92 Å². The molecule has 0 bridgehead atoms. The number of nitrogens with zero attached hydrogens (tertiary/aromatic N) is 1. The van der Waals surface area contributed by atoms with E-state index in [1.165, 1.54) is 5.56 Å². The van der Waals surface area contributed by atoms with Gasteiger partial charge in [0.2, 0.25) is 5.91 Å². The highest BCUT2D eigenvalue weighted by Gasteiger charge is 2.24. The van der Waals surface area contributed by atoms with Crippen LogP contribution in [0.25, 0.3) is 0 Å². The zero-order chi connectivity index (χ0) is 15.4. The average Bonchev–Trinajstić information content (AvgIpc) is 2.43. The third kappa shape index (κ3) is 5.27. The molecule has 2 atom stereocenters. The third-order valence-electron chi connectivity index (χ3n) is 4.26. The van der Waals surface area contributed by atoms with Gasteiger partial charge in [-0.3, -0.25) is 9.69 Å². The van der Waals surface area contributed by atoms with Gasteiger partial charge in [0.05, 0.1) is 6.54 Å². The van der Waals surface area contributed by atoms with Crippen molar-refractivity contribution in [3.63, 3.8) is 0 Å². The summed E-state index contributed by atoms with van der Waals surface area (Å²) in [5.41, 5.74) is 8.14. The molecular weight excluding hydrogens is 298 g/mol. The van der Waals surface area contributed by atoms with Crippen LogP contribution >= 0.6 is 12.4 Å². The summed E-state index contributed by atoms with van der Waals surface area (Å²) in [6.45, 7) is 8.72. The molecule has 0 radical (unpaired) electrons. The molecule has 2 rings (SSSR count). The van der Waals surface area contributed by atoms with Gasteiger partial charge in [-0.1, -0.05) is 32.9 Å². The van der Waals surface area contributed by atoms with Gasteiger partial charge in [-0.15, -0.1) is 12.4 Å². The number of anilines is 1. The van der Waals surface area contributed by atoms with Gasteiger partial charge in [0.25, 0.3) is 0 Å². The Morgan fingerprint density at radius 3 is 2.82 bits per heavy atom. The Morgan fingerprint density at radius 2 is 2.18 bits per heavy atom. The van der Waals surface area contributed by atoms with Crippen LogP contribution in [-0.2, 0) is 4.79 Å². The highest BCUT2D eigenvalue weighted by molar-refractivity contribution is 5.92. The van der Waals surface area contributed by atoms with Gasteiger partial charge in [0.15, 0.2) is 0 Å². The predicted molar refractivity (Wildman–Crippen MR) is 94.6 cm³/mol. The second-order valence-electron chi connectivity index (χ2n) is 6.49. The quantitative estimate of drug-likeness (QED) is 0.895. The first-order chi connectivity index (χ1) is 9.95. The number of hydrogen-bond donors (Lipinski definition) is 2. The maximum Gasteiger partial charge on any atom is 0.238 e. The molecule has 1 aromatic rings. The molecule has 1 aromatic carbocycles. The minimum Gasteiger partial charge on any atom is -0.327 e. The number of carbonyl (C=O) groups is 1. The Hall–Kier alpha value is -1.10. The second-order valence-corrected chi connectivity index (χ2v) is 6.49. The van der Waals surface area contributed by atoms with Crippen LogP contribution in [0.4, 0.5) is 5.69 Å². The molecule has 1 aliphatic heterocycles. The van der Waals surface area contributed by atoms with Gasteiger partial charge >= 0.3 is 0 Å². The lowest BCUT2D eigenvalue weighted by Crippen LogP contribution is -2.48. The molecule has 1 saturated heterocycles. The first-order valence-electron chi connectivity index (χ1n) is 7.83. The predicted octanol–water partition coefficient (Wildman–Crippen LogP) is 2.84. The van der Waals surface area contributed by atoms with Crippen LogP contribution in [0.1, 0.15) is 38.7 Å². The molecule has 0 spiro atoms. The van der Waals surface area contributed by atoms with Gasteiger partial charge in [-0.2, -0.15) is 0 Å². The number of rotatable bonds is 4. The topological polar surface area (TPSA) is 58.4 Å². The molecule has 124 valence electrons. The Bertz CT molecular complexity index is 493. The maximum absolute atomic E-state index is 12.2. The van der Waals surface area contributed by atoms with Crippen LogP contribution < -0.4 is 11.1 Å². The molecule has 1 heterocycles. The number of nitrogens with one attached hydrogen (secondary N) is 1. The lowest BCUT2D eigenvalue weighted by molar-refractivity contribution is -0.117. The Labute approximate surface area is 139 Å². The molecule has 2 unspecified atom stereocenters. The smallest absolute Gasteiger partial charge is 0.238 e. The summed E-state index contributed by atoms with van der Waals surface area (Å²) in [6, 6.07) is 8.35. The molecule has 3 N–H and O–H groups in total. The van der Waals surface area contributed by atoms with Gasteiger partial charge in [-0.25, -0.2) is 0 Å². The second kappa shape index (κ2) is 8.51. The van der Waals surface area contributed by atoms with Crippen LogP contribution in [0.2, 0.25) is 0 Å². The highest BCUT2D eigenvalue weighted by atomic mass is 35.5. The van der Waals surface area contributed by atoms with Crippen molar-refractivity contribution in [3.8, 4) is 0 Å². The van der Waals surface area contributed by atoms with E-state index in [-0.39, 0.29) is 24.4 Å². The van der Waals surface area contributed by atoms with Crippen molar-refractivity contribution in [2.75, 3.05) is 25.0 Å². The van der Waals surface area contributed by atoms with Crippen molar-refractivity contribution < 1.29 is 4.79 Å². The number of nitrogens with two attached hydrogens (primary N) is 1. The number of piperidine rings is 1. The Balaban J connectivity index is 0.00000242. The molecule has 4 nitrogen and oxygen atoms in total. The summed E-state index contributed by atoms with van der Waals surface area (Å²) in [5, 5.41) is 3.00. The highest BCUT2D eigenvalue weighted by Crippen LogP contribution is 2.19. The number of halogens is 1. The van der Waals surface area contributed by atoms with Crippen molar-refractivity contribution in [2.45, 2.75) is 39.2 Å². The first kappa shape index (κ1) is 18.9. The zero-order valence-electron chi connectivity index (χ0n) is 13.7. The molecule has 5 heteroatoms. The molecular formula is C17H28ClN3O. The average molecular weight is 326 g/mol. The van der Waals surface area contributed by atoms with E-state index in [2.05, 4.69) is 43.1 Å². The van der Waals surface area contributed by atoms with Gasteiger partial charge in [0, 0.05) is 24.8 Å². The van der Waals surface area contributed by atoms with Gasteiger partial charge in [-0.05, 0) is 36.0 Å². The minimum atomic E-state index is 0. The molecule has 1 aliphatic rings. The van der Waals surface area contributed by atoms with E-state index >= 15 is 0 Å². The number of likely N-dealkylation sites (tertiary alicyclic amines) is 1. The van der Waals surface area contributed by atoms with E-state index in [0.29, 0.717) is 18.4 Å². The van der Waals surface area contributed by atoms with E-state index in [9.17, 15) is 4.79 Å². The summed E-state index contributed by atoms with van der Waals surface area (Å²) in [4.78, 5) is 14.4. The normalized spacial score (nSPS) is 22.2. The van der Waals surface area contributed by atoms with Crippen LogP contribution in [0.3, 0.4) is 0 Å². The first-order valence-corrected chi connectivity index (χ1v) is 7.83. The van der Waals surface area contributed by atoms with Crippen LogP contribution in [0.15, 0.2) is 24.3 Å². The number of carbonyl (C=O) groups excluding carboxylic acids is 1. The lowest BCUT2D eigenvalue weighted by atomic mass is 9.95.